The summed E-state index contributed by atoms with van der Waals surface area (Å²) < 4.78 is 15.5. The summed E-state index contributed by atoms with van der Waals surface area (Å²) in [5.74, 6) is -0.190. The molecule has 1 heterocycles. The number of fused-ring (bicyclic) bond motifs is 1. The van der Waals surface area contributed by atoms with E-state index < -0.39 is 0 Å². The van der Waals surface area contributed by atoms with Crippen molar-refractivity contribution in [3.05, 3.63) is 53.1 Å². The lowest BCUT2D eigenvalue weighted by Gasteiger charge is -2.34. The monoisotopic (exact) mass is 272 g/mol. The summed E-state index contributed by atoms with van der Waals surface area (Å²) in [7, 11) is 0. The molecule has 0 aliphatic heterocycles. The first-order chi connectivity index (χ1) is 9.37. The van der Waals surface area contributed by atoms with Gasteiger partial charge in [0.15, 0.2) is 0 Å². The number of nitrogens with two attached hydrogens (primary N) is 1. The third-order valence-electron chi connectivity index (χ3n) is 4.26. The van der Waals surface area contributed by atoms with E-state index in [1.165, 1.54) is 17.3 Å². The molecule has 1 aromatic carbocycles. The van der Waals surface area contributed by atoms with Gasteiger partial charge in [-0.25, -0.2) is 4.39 Å². The smallest absolute Gasteiger partial charge is 0.123 e. The first-order valence-corrected chi connectivity index (χ1v) is 7.10. The van der Waals surface area contributed by atoms with E-state index in [1.54, 1.807) is 6.07 Å². The Labute approximate surface area is 119 Å². The number of nitrogens with zero attached hydrogens (tertiary/aromatic N) is 1. The van der Waals surface area contributed by atoms with Crippen LogP contribution < -0.4 is 5.73 Å². The molecule has 3 heteroatoms. The van der Waals surface area contributed by atoms with E-state index in [0.717, 1.165) is 24.1 Å². The molecule has 0 radical (unpaired) electrons. The molecular weight excluding hydrogens is 251 g/mol. The van der Waals surface area contributed by atoms with E-state index in [0.29, 0.717) is 0 Å². The van der Waals surface area contributed by atoms with Crippen molar-refractivity contribution in [1.29, 1.82) is 0 Å². The van der Waals surface area contributed by atoms with Gasteiger partial charge in [0.25, 0.3) is 0 Å². The molecule has 0 saturated carbocycles. The fourth-order valence-electron chi connectivity index (χ4n) is 3.35. The third kappa shape index (κ3) is 2.16. The van der Waals surface area contributed by atoms with Crippen molar-refractivity contribution in [2.75, 3.05) is 0 Å². The van der Waals surface area contributed by atoms with Crippen molar-refractivity contribution in [3.63, 3.8) is 0 Å². The maximum atomic E-state index is 13.3. The highest BCUT2D eigenvalue weighted by Crippen LogP contribution is 2.41. The topological polar surface area (TPSA) is 30.9 Å². The van der Waals surface area contributed by atoms with Crippen LogP contribution in [0.2, 0.25) is 0 Å². The third-order valence-corrected chi connectivity index (χ3v) is 4.26. The van der Waals surface area contributed by atoms with Gasteiger partial charge in [0.2, 0.25) is 0 Å². The molecule has 1 atom stereocenters. The predicted octanol–water partition coefficient (Wildman–Crippen LogP) is 3.90. The lowest BCUT2D eigenvalue weighted by atomic mass is 9.74. The summed E-state index contributed by atoms with van der Waals surface area (Å²) in [6, 6.07) is 7.14. The van der Waals surface area contributed by atoms with E-state index in [4.69, 9.17) is 5.73 Å². The molecular formula is C17H21FN2. The molecule has 3 rings (SSSR count). The molecule has 106 valence electrons. The van der Waals surface area contributed by atoms with Gasteiger partial charge in [-0.05, 0) is 60.6 Å². The van der Waals surface area contributed by atoms with Crippen LogP contribution in [0.3, 0.4) is 0 Å². The van der Waals surface area contributed by atoms with Gasteiger partial charge in [-0.1, -0.05) is 13.8 Å². The Bertz CT molecular complexity index is 655. The molecule has 1 aliphatic carbocycles. The van der Waals surface area contributed by atoms with Crippen molar-refractivity contribution in [1.82, 2.24) is 4.57 Å². The van der Waals surface area contributed by atoms with Gasteiger partial charge in [-0.2, -0.15) is 0 Å². The van der Waals surface area contributed by atoms with Gasteiger partial charge in [-0.3, -0.25) is 0 Å². The number of hydrogen-bond donors (Lipinski definition) is 1. The Morgan fingerprint density at radius 1 is 1.30 bits per heavy atom. The molecule has 0 fully saturated rings. The quantitative estimate of drug-likeness (QED) is 0.838. The number of halogens is 1. The van der Waals surface area contributed by atoms with Crippen LogP contribution in [0.4, 0.5) is 4.39 Å². The van der Waals surface area contributed by atoms with Crippen LogP contribution in [-0.2, 0) is 6.42 Å². The fraction of sp³-hybridized carbons (Fsp3) is 0.412. The van der Waals surface area contributed by atoms with Crippen LogP contribution in [0.5, 0.6) is 0 Å². The summed E-state index contributed by atoms with van der Waals surface area (Å²) in [5.41, 5.74) is 11.0. The van der Waals surface area contributed by atoms with Crippen molar-refractivity contribution in [2.45, 2.75) is 39.7 Å². The first kappa shape index (κ1) is 13.4. The molecule has 2 N–H and O–H groups in total. The molecule has 1 aromatic heterocycles. The van der Waals surface area contributed by atoms with Gasteiger partial charge >= 0.3 is 0 Å². The van der Waals surface area contributed by atoms with Crippen LogP contribution in [-0.4, -0.2) is 4.57 Å². The van der Waals surface area contributed by atoms with Crippen LogP contribution in [0.15, 0.2) is 30.5 Å². The zero-order chi connectivity index (χ0) is 14.5. The molecule has 1 unspecified atom stereocenters. The lowest BCUT2D eigenvalue weighted by molar-refractivity contribution is 0.278. The Hall–Kier alpha value is -1.61. The highest BCUT2D eigenvalue weighted by Gasteiger charge is 2.32. The maximum Gasteiger partial charge on any atom is 0.123 e. The second-order valence-electron chi connectivity index (χ2n) is 6.67. The van der Waals surface area contributed by atoms with Gasteiger partial charge in [-0.15, -0.1) is 0 Å². The average Bonchev–Trinajstić information content (AvgIpc) is 2.71. The van der Waals surface area contributed by atoms with Crippen molar-refractivity contribution < 1.29 is 4.39 Å². The van der Waals surface area contributed by atoms with E-state index in [9.17, 15) is 4.39 Å². The molecule has 0 amide bonds. The largest absolute Gasteiger partial charge is 0.324 e. The molecule has 0 bridgehead atoms. The van der Waals surface area contributed by atoms with Gasteiger partial charge < -0.3 is 10.3 Å². The Morgan fingerprint density at radius 2 is 2.05 bits per heavy atom. The van der Waals surface area contributed by atoms with Gasteiger partial charge in [0.05, 0.1) is 0 Å². The lowest BCUT2D eigenvalue weighted by Crippen LogP contribution is -2.30. The van der Waals surface area contributed by atoms with E-state index in [-0.39, 0.29) is 17.3 Å². The minimum Gasteiger partial charge on any atom is -0.324 e. The molecule has 0 spiro atoms. The molecule has 1 aliphatic rings. The van der Waals surface area contributed by atoms with E-state index in [1.807, 2.05) is 13.0 Å². The van der Waals surface area contributed by atoms with Crippen LogP contribution in [0.1, 0.15) is 43.1 Å². The number of benzene rings is 1. The SMILES string of the molecule is Cc1cc(F)ccc1-n1ccc2c1CC(C)(C)CC2N. The zero-order valence-electron chi connectivity index (χ0n) is 12.3. The fourth-order valence-corrected chi connectivity index (χ4v) is 3.35. The number of aryl methyl sites for hydroxylation is 1. The summed E-state index contributed by atoms with van der Waals surface area (Å²) in [6.45, 7) is 6.45. The molecule has 2 aromatic rings. The number of aromatic nitrogens is 1. The Balaban J connectivity index is 2.13. The van der Waals surface area contributed by atoms with Crippen LogP contribution in [0.25, 0.3) is 5.69 Å². The molecule has 0 saturated heterocycles. The van der Waals surface area contributed by atoms with Crippen LogP contribution >= 0.6 is 0 Å². The predicted molar refractivity (Wildman–Crippen MR) is 79.5 cm³/mol. The van der Waals surface area contributed by atoms with Crippen molar-refractivity contribution in [2.24, 2.45) is 11.1 Å². The minimum absolute atomic E-state index is 0.0933. The second-order valence-corrected chi connectivity index (χ2v) is 6.67. The average molecular weight is 272 g/mol. The van der Waals surface area contributed by atoms with Crippen molar-refractivity contribution >= 4 is 0 Å². The van der Waals surface area contributed by atoms with Crippen LogP contribution in [0, 0.1) is 18.2 Å². The Morgan fingerprint density at radius 3 is 2.75 bits per heavy atom. The summed E-state index contributed by atoms with van der Waals surface area (Å²) >= 11 is 0. The summed E-state index contributed by atoms with van der Waals surface area (Å²) in [5, 5.41) is 0. The van der Waals surface area contributed by atoms with E-state index in [2.05, 4.69) is 30.7 Å². The number of rotatable bonds is 1. The van der Waals surface area contributed by atoms with Crippen molar-refractivity contribution in [3.8, 4) is 5.69 Å². The first-order valence-electron chi connectivity index (χ1n) is 7.10. The summed E-state index contributed by atoms with van der Waals surface area (Å²) in [4.78, 5) is 0. The standard InChI is InChI=1S/C17H21FN2/c1-11-8-12(18)4-5-15(11)20-7-6-13-14(19)9-17(2,3)10-16(13)20/h4-8,14H,9-10,19H2,1-3H3. The highest BCUT2D eigenvalue weighted by atomic mass is 19.1. The minimum atomic E-state index is -0.190. The second kappa shape index (κ2) is 4.45. The maximum absolute atomic E-state index is 13.3. The van der Waals surface area contributed by atoms with Gasteiger partial charge in [0.1, 0.15) is 5.82 Å². The van der Waals surface area contributed by atoms with E-state index >= 15 is 0 Å². The zero-order valence-corrected chi connectivity index (χ0v) is 12.3. The normalized spacial score (nSPS) is 20.8. The summed E-state index contributed by atoms with van der Waals surface area (Å²) in [6.07, 6.45) is 4.07. The number of hydrogen-bond acceptors (Lipinski definition) is 1. The Kier molecular flexibility index (Phi) is 2.98. The highest BCUT2D eigenvalue weighted by molar-refractivity contribution is 5.45. The molecule has 2 nitrogen and oxygen atoms in total. The van der Waals surface area contributed by atoms with Gasteiger partial charge in [0, 0.05) is 23.6 Å². The molecule has 20 heavy (non-hydrogen) atoms.